The summed E-state index contributed by atoms with van der Waals surface area (Å²) < 4.78 is 17.9. The Morgan fingerprint density at radius 1 is 0.966 bits per heavy atom. The van der Waals surface area contributed by atoms with E-state index in [1.807, 2.05) is 36.4 Å². The van der Waals surface area contributed by atoms with Crippen LogP contribution in [0.4, 0.5) is 4.39 Å². The number of ketones is 1. The molecule has 0 saturated carbocycles. The molecule has 2 aromatic rings. The molecular formula is C23H22FNO4. The second kappa shape index (κ2) is 9.78. The topological polar surface area (TPSA) is 63.7 Å². The number of amides is 1. The number of carbonyl (C=O) groups is 3. The maximum Gasteiger partial charge on any atom is 0.306 e. The van der Waals surface area contributed by atoms with Crippen molar-refractivity contribution in [2.24, 2.45) is 0 Å². The van der Waals surface area contributed by atoms with Crippen LogP contribution in [0.5, 0.6) is 0 Å². The van der Waals surface area contributed by atoms with Crippen LogP contribution in [0.1, 0.15) is 35.2 Å². The van der Waals surface area contributed by atoms with E-state index >= 15 is 0 Å². The Balaban J connectivity index is 1.40. The number of Topliss-reactive ketones (excluding diaryl/α,β-unsaturated/α-hetero) is 1. The van der Waals surface area contributed by atoms with Gasteiger partial charge in [0.15, 0.2) is 12.4 Å². The summed E-state index contributed by atoms with van der Waals surface area (Å²) in [4.78, 5) is 37.7. The van der Waals surface area contributed by atoms with E-state index in [9.17, 15) is 18.8 Å². The van der Waals surface area contributed by atoms with Gasteiger partial charge in [0.1, 0.15) is 5.82 Å². The molecule has 0 fully saturated rings. The van der Waals surface area contributed by atoms with Crippen molar-refractivity contribution in [3.05, 3.63) is 77.6 Å². The number of hydrogen-bond acceptors (Lipinski definition) is 4. The molecule has 1 heterocycles. The fraction of sp³-hybridized carbons (Fsp3) is 0.261. The van der Waals surface area contributed by atoms with Crippen molar-refractivity contribution in [1.29, 1.82) is 0 Å². The lowest BCUT2D eigenvalue weighted by atomic mass is 10.00. The Morgan fingerprint density at radius 3 is 2.34 bits per heavy atom. The molecule has 29 heavy (non-hydrogen) atoms. The molecule has 3 rings (SSSR count). The van der Waals surface area contributed by atoms with Gasteiger partial charge in [-0.3, -0.25) is 14.4 Å². The van der Waals surface area contributed by atoms with E-state index in [1.54, 1.807) is 4.90 Å². The molecule has 0 atom stereocenters. The minimum Gasteiger partial charge on any atom is -0.456 e. The zero-order chi connectivity index (χ0) is 20.6. The second-order valence-electron chi connectivity index (χ2n) is 6.78. The van der Waals surface area contributed by atoms with Gasteiger partial charge in [-0.25, -0.2) is 4.39 Å². The summed E-state index contributed by atoms with van der Waals surface area (Å²) in [5, 5.41) is 0. The minimum atomic E-state index is -0.605. The van der Waals surface area contributed by atoms with E-state index in [4.69, 9.17) is 4.74 Å². The van der Waals surface area contributed by atoms with Crippen LogP contribution in [0.15, 0.2) is 60.7 Å². The highest BCUT2D eigenvalue weighted by atomic mass is 19.1. The second-order valence-corrected chi connectivity index (χ2v) is 6.78. The van der Waals surface area contributed by atoms with E-state index in [-0.39, 0.29) is 31.1 Å². The molecule has 0 aromatic heterocycles. The third kappa shape index (κ3) is 5.85. The number of ether oxygens (including phenoxy) is 1. The van der Waals surface area contributed by atoms with Crippen molar-refractivity contribution in [2.45, 2.75) is 19.3 Å². The van der Waals surface area contributed by atoms with Crippen LogP contribution in [0.25, 0.3) is 5.57 Å². The highest BCUT2D eigenvalue weighted by Crippen LogP contribution is 2.22. The summed E-state index contributed by atoms with van der Waals surface area (Å²) in [6, 6.07) is 15.1. The largest absolute Gasteiger partial charge is 0.456 e. The van der Waals surface area contributed by atoms with Gasteiger partial charge in [0.25, 0.3) is 5.91 Å². The van der Waals surface area contributed by atoms with Crippen LogP contribution in [0.2, 0.25) is 0 Å². The number of nitrogens with zero attached hydrogens (tertiary/aromatic N) is 1. The first-order chi connectivity index (χ1) is 14.0. The van der Waals surface area contributed by atoms with Crippen molar-refractivity contribution >= 4 is 23.2 Å². The smallest absolute Gasteiger partial charge is 0.306 e. The molecule has 0 aliphatic carbocycles. The molecule has 0 N–H and O–H groups in total. The third-order valence-corrected chi connectivity index (χ3v) is 4.79. The Hall–Kier alpha value is -3.28. The summed E-state index contributed by atoms with van der Waals surface area (Å²) in [5.74, 6) is -1.57. The molecule has 150 valence electrons. The molecule has 1 aliphatic heterocycles. The van der Waals surface area contributed by atoms with Gasteiger partial charge >= 0.3 is 5.97 Å². The van der Waals surface area contributed by atoms with Crippen LogP contribution in [-0.4, -0.2) is 42.3 Å². The molecule has 0 radical (unpaired) electrons. The lowest BCUT2D eigenvalue weighted by Crippen LogP contribution is -2.37. The SMILES string of the molecule is O=C(CCC(=O)c1ccc(F)cc1)OCC(=O)N1CC=C(c2ccccc2)CC1. The Kier molecular flexibility index (Phi) is 6.89. The fourth-order valence-electron chi connectivity index (χ4n) is 3.11. The molecule has 0 spiro atoms. The standard InChI is InChI=1S/C23H22FNO4/c24-20-8-6-19(7-9-20)21(26)10-11-23(28)29-16-22(27)25-14-12-18(13-15-25)17-4-2-1-3-5-17/h1-9,12H,10-11,13-16H2. The molecule has 6 heteroatoms. The lowest BCUT2D eigenvalue weighted by molar-refractivity contribution is -0.151. The number of carbonyl (C=O) groups excluding carboxylic acids is 3. The van der Waals surface area contributed by atoms with Gasteiger partial charge in [-0.2, -0.15) is 0 Å². The number of esters is 1. The highest BCUT2D eigenvalue weighted by Gasteiger charge is 2.19. The van der Waals surface area contributed by atoms with Crippen molar-refractivity contribution < 1.29 is 23.5 Å². The lowest BCUT2D eigenvalue weighted by Gasteiger charge is -2.26. The molecule has 0 bridgehead atoms. The van der Waals surface area contributed by atoms with Crippen LogP contribution >= 0.6 is 0 Å². The normalized spacial score (nSPS) is 13.6. The molecule has 0 unspecified atom stereocenters. The molecular weight excluding hydrogens is 373 g/mol. The first kappa shape index (κ1) is 20.5. The summed E-state index contributed by atoms with van der Waals surface area (Å²) in [5.41, 5.74) is 2.69. The van der Waals surface area contributed by atoms with Crippen LogP contribution < -0.4 is 0 Å². The van der Waals surface area contributed by atoms with E-state index in [1.165, 1.54) is 29.8 Å². The van der Waals surface area contributed by atoms with Crippen molar-refractivity contribution in [2.75, 3.05) is 19.7 Å². The first-order valence-corrected chi connectivity index (χ1v) is 9.49. The van der Waals surface area contributed by atoms with E-state index in [0.29, 0.717) is 18.7 Å². The number of benzene rings is 2. The fourth-order valence-corrected chi connectivity index (χ4v) is 3.11. The number of halogens is 1. The molecule has 5 nitrogen and oxygen atoms in total. The van der Waals surface area contributed by atoms with Gasteiger partial charge in [-0.05, 0) is 41.8 Å². The zero-order valence-electron chi connectivity index (χ0n) is 16.0. The van der Waals surface area contributed by atoms with Crippen LogP contribution in [0.3, 0.4) is 0 Å². The monoisotopic (exact) mass is 395 g/mol. The maximum absolute atomic E-state index is 12.9. The predicted octanol–water partition coefficient (Wildman–Crippen LogP) is 3.65. The van der Waals surface area contributed by atoms with Gasteiger partial charge < -0.3 is 9.64 Å². The summed E-state index contributed by atoms with van der Waals surface area (Å²) in [6.07, 6.45) is 2.59. The third-order valence-electron chi connectivity index (χ3n) is 4.79. The van der Waals surface area contributed by atoms with Crippen molar-refractivity contribution in [3.63, 3.8) is 0 Å². The van der Waals surface area contributed by atoms with Crippen LogP contribution in [0, 0.1) is 5.82 Å². The van der Waals surface area contributed by atoms with Gasteiger partial charge in [0.05, 0.1) is 6.42 Å². The Bertz CT molecular complexity index is 906. The molecule has 1 amide bonds. The summed E-state index contributed by atoms with van der Waals surface area (Å²) in [6.45, 7) is 0.710. The predicted molar refractivity (Wildman–Crippen MR) is 107 cm³/mol. The Labute approximate surface area is 168 Å². The first-order valence-electron chi connectivity index (χ1n) is 9.49. The van der Waals surface area contributed by atoms with Gasteiger partial charge in [-0.1, -0.05) is 36.4 Å². The molecule has 1 aliphatic rings. The van der Waals surface area contributed by atoms with E-state index in [0.717, 1.165) is 12.0 Å². The van der Waals surface area contributed by atoms with Gasteiger partial charge in [0, 0.05) is 25.1 Å². The van der Waals surface area contributed by atoms with Gasteiger partial charge in [0.2, 0.25) is 0 Å². The van der Waals surface area contributed by atoms with E-state index < -0.39 is 11.8 Å². The van der Waals surface area contributed by atoms with E-state index in [2.05, 4.69) is 0 Å². The zero-order valence-corrected chi connectivity index (χ0v) is 16.0. The maximum atomic E-state index is 12.9. The summed E-state index contributed by atoms with van der Waals surface area (Å²) >= 11 is 0. The van der Waals surface area contributed by atoms with Gasteiger partial charge in [-0.15, -0.1) is 0 Å². The average Bonchev–Trinajstić information content (AvgIpc) is 2.77. The number of rotatable bonds is 7. The van der Waals surface area contributed by atoms with Crippen molar-refractivity contribution in [1.82, 2.24) is 4.90 Å². The average molecular weight is 395 g/mol. The minimum absolute atomic E-state index is 0.0501. The quantitative estimate of drug-likeness (QED) is 0.530. The van der Waals surface area contributed by atoms with Crippen molar-refractivity contribution in [3.8, 4) is 0 Å². The molecule has 2 aromatic carbocycles. The number of hydrogen-bond donors (Lipinski definition) is 0. The van der Waals surface area contributed by atoms with Crippen LogP contribution in [-0.2, 0) is 14.3 Å². The Morgan fingerprint density at radius 2 is 1.69 bits per heavy atom. The molecule has 0 saturated heterocycles. The highest BCUT2D eigenvalue weighted by molar-refractivity contribution is 5.97. The summed E-state index contributed by atoms with van der Waals surface area (Å²) in [7, 11) is 0.